The van der Waals surface area contributed by atoms with Gasteiger partial charge in [0.25, 0.3) is 5.91 Å². The van der Waals surface area contributed by atoms with Crippen molar-refractivity contribution >= 4 is 29.3 Å². The van der Waals surface area contributed by atoms with Crippen LogP contribution in [-0.4, -0.2) is 28.6 Å². The molecule has 0 bridgehead atoms. The second-order valence-corrected chi connectivity index (χ2v) is 5.23. The molecule has 1 saturated heterocycles. The molecule has 0 spiro atoms. The van der Waals surface area contributed by atoms with Crippen molar-refractivity contribution in [3.05, 3.63) is 35.5 Å². The summed E-state index contributed by atoms with van der Waals surface area (Å²) in [6, 6.07) is 6.26. The van der Waals surface area contributed by atoms with Crippen molar-refractivity contribution in [1.29, 1.82) is 0 Å². The van der Waals surface area contributed by atoms with Crippen molar-refractivity contribution in [2.24, 2.45) is 0 Å². The van der Waals surface area contributed by atoms with Crippen LogP contribution in [0.2, 0.25) is 0 Å². The molecular weight excluding hydrogens is 298 g/mol. The van der Waals surface area contributed by atoms with Crippen LogP contribution < -0.4 is 10.1 Å². The number of nitrogens with zero attached hydrogens (tertiary/aromatic N) is 1. The minimum absolute atomic E-state index is 0.0768. The predicted octanol–water partition coefficient (Wildman–Crippen LogP) is 2.51. The Balaban J connectivity index is 1.75. The van der Waals surface area contributed by atoms with Gasteiger partial charge in [-0.15, -0.1) is 0 Å². The summed E-state index contributed by atoms with van der Waals surface area (Å²) < 4.78 is 28.4. The molecule has 2 fully saturated rings. The third-order valence-corrected chi connectivity index (χ3v) is 3.54. The molecule has 0 aromatic heterocycles. The first-order chi connectivity index (χ1) is 10.0. The van der Waals surface area contributed by atoms with Gasteiger partial charge < -0.3 is 10.1 Å². The molecule has 1 aromatic carbocycles. The van der Waals surface area contributed by atoms with E-state index in [-0.39, 0.29) is 17.7 Å². The lowest BCUT2D eigenvalue weighted by atomic mass is 10.2. The zero-order valence-electron chi connectivity index (χ0n) is 10.9. The molecule has 1 aromatic rings. The minimum atomic E-state index is -2.85. The first-order valence-electron chi connectivity index (χ1n) is 6.46. The lowest BCUT2D eigenvalue weighted by molar-refractivity contribution is -0.122. The third kappa shape index (κ3) is 3.02. The first-order valence-corrected chi connectivity index (χ1v) is 6.86. The highest BCUT2D eigenvalue weighted by Gasteiger charge is 2.41. The van der Waals surface area contributed by atoms with Crippen molar-refractivity contribution in [1.82, 2.24) is 10.2 Å². The number of nitrogens with one attached hydrogen (secondary N) is 1. The molecule has 21 heavy (non-hydrogen) atoms. The van der Waals surface area contributed by atoms with E-state index >= 15 is 0 Å². The van der Waals surface area contributed by atoms with E-state index < -0.39 is 6.61 Å². The van der Waals surface area contributed by atoms with E-state index in [0.717, 1.165) is 12.8 Å². The van der Waals surface area contributed by atoms with Crippen molar-refractivity contribution in [3.8, 4) is 5.75 Å². The van der Waals surface area contributed by atoms with Gasteiger partial charge in [-0.25, -0.2) is 0 Å². The summed E-state index contributed by atoms with van der Waals surface area (Å²) in [5.74, 6) is -0.0663. The largest absolute Gasteiger partial charge is 0.435 e. The molecular formula is C14H12F2N2O2S. The number of hydrogen-bond donors (Lipinski definition) is 1. The first kappa shape index (κ1) is 13.9. The minimum Gasteiger partial charge on any atom is -0.435 e. The zero-order valence-corrected chi connectivity index (χ0v) is 11.7. The Morgan fingerprint density at radius 2 is 2.00 bits per heavy atom. The van der Waals surface area contributed by atoms with Crippen LogP contribution in [0.3, 0.4) is 0 Å². The smallest absolute Gasteiger partial charge is 0.387 e. The maximum atomic E-state index is 12.2. The summed E-state index contributed by atoms with van der Waals surface area (Å²) in [4.78, 5) is 13.8. The molecule has 1 amide bonds. The molecule has 3 rings (SSSR count). The number of hydrogen-bond acceptors (Lipinski definition) is 3. The standard InChI is InChI=1S/C14H12F2N2O2S/c15-13(16)20-10-5-1-8(2-6-10)7-11-12(19)18(9-3-4-9)14(21)17-11/h1-2,5-7,9,13H,3-4H2,(H,17,21)/b11-7-. The SMILES string of the molecule is O=C1/C(=C/c2ccc(OC(F)F)cc2)NC(=S)N1C1CC1. The van der Waals surface area contributed by atoms with E-state index in [0.29, 0.717) is 16.4 Å². The lowest BCUT2D eigenvalue weighted by Gasteiger charge is -2.11. The normalized spacial score (nSPS) is 20.3. The van der Waals surface area contributed by atoms with Gasteiger partial charge in [-0.05, 0) is 48.8 Å². The molecule has 0 radical (unpaired) electrons. The Morgan fingerprint density at radius 3 is 2.57 bits per heavy atom. The van der Waals surface area contributed by atoms with Gasteiger partial charge in [0.2, 0.25) is 0 Å². The second-order valence-electron chi connectivity index (χ2n) is 4.84. The Kier molecular flexibility index (Phi) is 3.59. The van der Waals surface area contributed by atoms with E-state index in [1.54, 1.807) is 23.1 Å². The molecule has 1 aliphatic heterocycles. The van der Waals surface area contributed by atoms with Crippen LogP contribution in [0.15, 0.2) is 30.0 Å². The van der Waals surface area contributed by atoms with Crippen LogP contribution in [0.5, 0.6) is 5.75 Å². The fourth-order valence-corrected chi connectivity index (χ4v) is 2.47. The number of carbonyl (C=O) groups is 1. The van der Waals surface area contributed by atoms with Crippen molar-refractivity contribution in [2.45, 2.75) is 25.5 Å². The van der Waals surface area contributed by atoms with Crippen LogP contribution in [0.25, 0.3) is 6.08 Å². The van der Waals surface area contributed by atoms with Gasteiger partial charge in [0.05, 0.1) is 0 Å². The van der Waals surface area contributed by atoms with Gasteiger partial charge in [0, 0.05) is 6.04 Å². The second kappa shape index (κ2) is 5.40. The van der Waals surface area contributed by atoms with Crippen molar-refractivity contribution in [3.63, 3.8) is 0 Å². The summed E-state index contributed by atoms with van der Waals surface area (Å²) >= 11 is 5.15. The number of carbonyl (C=O) groups excluding carboxylic acids is 1. The van der Waals surface area contributed by atoms with Gasteiger partial charge in [0.1, 0.15) is 11.4 Å². The molecule has 1 N–H and O–H groups in total. The molecule has 4 nitrogen and oxygen atoms in total. The molecule has 1 aliphatic carbocycles. The Hall–Kier alpha value is -2.02. The van der Waals surface area contributed by atoms with Gasteiger partial charge in [0.15, 0.2) is 5.11 Å². The number of halogens is 2. The monoisotopic (exact) mass is 310 g/mol. The molecule has 7 heteroatoms. The van der Waals surface area contributed by atoms with Gasteiger partial charge in [-0.2, -0.15) is 8.78 Å². The highest BCUT2D eigenvalue weighted by atomic mass is 32.1. The van der Waals surface area contributed by atoms with E-state index in [1.165, 1.54) is 12.1 Å². The number of alkyl halides is 2. The zero-order chi connectivity index (χ0) is 15.0. The van der Waals surface area contributed by atoms with Gasteiger partial charge >= 0.3 is 6.61 Å². The van der Waals surface area contributed by atoms with Crippen molar-refractivity contribution in [2.75, 3.05) is 0 Å². The summed E-state index contributed by atoms with van der Waals surface area (Å²) in [6.45, 7) is -2.85. The lowest BCUT2D eigenvalue weighted by Crippen LogP contribution is -2.32. The van der Waals surface area contributed by atoms with E-state index in [9.17, 15) is 13.6 Å². The van der Waals surface area contributed by atoms with E-state index in [1.807, 2.05) is 0 Å². The van der Waals surface area contributed by atoms with Crippen LogP contribution in [0.1, 0.15) is 18.4 Å². The molecule has 1 heterocycles. The topological polar surface area (TPSA) is 41.6 Å². The maximum absolute atomic E-state index is 12.2. The summed E-state index contributed by atoms with van der Waals surface area (Å²) in [7, 11) is 0. The van der Waals surface area contributed by atoms with E-state index in [4.69, 9.17) is 12.2 Å². The highest BCUT2D eigenvalue weighted by Crippen LogP contribution is 2.31. The molecule has 2 aliphatic rings. The Labute approximate surface area is 125 Å². The third-order valence-electron chi connectivity index (χ3n) is 3.24. The average Bonchev–Trinajstić information content (AvgIpc) is 3.20. The fraction of sp³-hybridized carbons (Fsp3) is 0.286. The quantitative estimate of drug-likeness (QED) is 0.685. The Bertz CT molecular complexity index is 612. The maximum Gasteiger partial charge on any atom is 0.387 e. The van der Waals surface area contributed by atoms with Crippen LogP contribution in [0, 0.1) is 0 Å². The number of benzene rings is 1. The molecule has 0 atom stereocenters. The van der Waals surface area contributed by atoms with E-state index in [2.05, 4.69) is 10.1 Å². The number of amides is 1. The van der Waals surface area contributed by atoms with Crippen LogP contribution in [-0.2, 0) is 4.79 Å². The summed E-state index contributed by atoms with van der Waals surface area (Å²) in [5.41, 5.74) is 1.10. The summed E-state index contributed by atoms with van der Waals surface area (Å²) in [6.07, 6.45) is 3.59. The number of rotatable bonds is 4. The van der Waals surface area contributed by atoms with Gasteiger partial charge in [-0.3, -0.25) is 9.69 Å². The van der Waals surface area contributed by atoms with Crippen molar-refractivity contribution < 1.29 is 18.3 Å². The van der Waals surface area contributed by atoms with Crippen LogP contribution >= 0.6 is 12.2 Å². The van der Waals surface area contributed by atoms with Gasteiger partial charge in [-0.1, -0.05) is 12.1 Å². The molecule has 110 valence electrons. The molecule has 1 saturated carbocycles. The Morgan fingerprint density at radius 1 is 1.33 bits per heavy atom. The predicted molar refractivity (Wildman–Crippen MR) is 76.7 cm³/mol. The molecule has 0 unspecified atom stereocenters. The fourth-order valence-electron chi connectivity index (χ4n) is 2.13. The number of thiocarbonyl (C=S) groups is 1. The highest BCUT2D eigenvalue weighted by molar-refractivity contribution is 7.80. The average molecular weight is 310 g/mol. The van der Waals surface area contributed by atoms with Crippen LogP contribution in [0.4, 0.5) is 8.78 Å². The number of ether oxygens (including phenoxy) is 1. The summed E-state index contributed by atoms with van der Waals surface area (Å²) in [5, 5.41) is 3.31.